The van der Waals surface area contributed by atoms with Crippen molar-refractivity contribution in [3.05, 3.63) is 92.3 Å². The summed E-state index contributed by atoms with van der Waals surface area (Å²) in [6, 6.07) is 17.0. The van der Waals surface area contributed by atoms with Crippen LogP contribution in [0.15, 0.2) is 70.5 Å². The molecule has 5 heteroatoms. The van der Waals surface area contributed by atoms with Crippen molar-refractivity contribution in [1.82, 2.24) is 5.32 Å². The zero-order valence-corrected chi connectivity index (χ0v) is 14.4. The molecule has 1 amide bonds. The highest BCUT2D eigenvalue weighted by atomic mass is 79.9. The van der Waals surface area contributed by atoms with Crippen LogP contribution >= 0.6 is 27.3 Å². The quantitative estimate of drug-likeness (QED) is 0.655. The van der Waals surface area contributed by atoms with Crippen molar-refractivity contribution in [1.29, 1.82) is 0 Å². The summed E-state index contributed by atoms with van der Waals surface area (Å²) in [5.41, 5.74) is 1.41. The maximum Gasteiger partial charge on any atom is 0.253 e. The Balaban J connectivity index is 1.92. The molecule has 3 rings (SSSR count). The van der Waals surface area contributed by atoms with Gasteiger partial charge in [0.25, 0.3) is 5.91 Å². The summed E-state index contributed by atoms with van der Waals surface area (Å²) < 4.78 is 13.9. The Kier molecular flexibility index (Phi) is 4.88. The van der Waals surface area contributed by atoms with Crippen molar-refractivity contribution >= 4 is 33.2 Å². The number of rotatable bonds is 4. The largest absolute Gasteiger partial charge is 0.340 e. The monoisotopic (exact) mass is 389 g/mol. The average Bonchev–Trinajstić information content (AvgIpc) is 3.08. The second-order valence-electron chi connectivity index (χ2n) is 4.95. The summed E-state index contributed by atoms with van der Waals surface area (Å²) in [5, 5.41) is 4.99. The van der Waals surface area contributed by atoms with Gasteiger partial charge in [-0.1, -0.05) is 30.3 Å². The molecule has 1 atom stereocenters. The van der Waals surface area contributed by atoms with Crippen LogP contribution in [0.4, 0.5) is 4.39 Å². The first-order chi connectivity index (χ1) is 11.1. The Morgan fingerprint density at radius 2 is 1.78 bits per heavy atom. The van der Waals surface area contributed by atoms with E-state index in [1.54, 1.807) is 29.5 Å². The van der Waals surface area contributed by atoms with Crippen molar-refractivity contribution in [3.8, 4) is 0 Å². The van der Waals surface area contributed by atoms with Crippen LogP contribution in [-0.2, 0) is 0 Å². The van der Waals surface area contributed by atoms with Gasteiger partial charge in [0.05, 0.1) is 11.6 Å². The molecule has 1 unspecified atom stereocenters. The summed E-state index contributed by atoms with van der Waals surface area (Å²) in [5.74, 6) is -0.476. The second kappa shape index (κ2) is 7.06. The number of benzene rings is 2. The Hall–Kier alpha value is -1.98. The predicted molar refractivity (Wildman–Crippen MR) is 94.2 cm³/mol. The lowest BCUT2D eigenvalue weighted by molar-refractivity contribution is 0.0942. The fourth-order valence-corrected chi connectivity index (χ4v) is 3.55. The van der Waals surface area contributed by atoms with Gasteiger partial charge in [-0.25, -0.2) is 4.39 Å². The van der Waals surface area contributed by atoms with Crippen molar-refractivity contribution in [2.45, 2.75) is 6.04 Å². The van der Waals surface area contributed by atoms with Crippen molar-refractivity contribution in [2.75, 3.05) is 0 Å². The zero-order chi connectivity index (χ0) is 16.2. The van der Waals surface area contributed by atoms with E-state index < -0.39 is 0 Å². The van der Waals surface area contributed by atoms with Gasteiger partial charge in [0, 0.05) is 9.35 Å². The van der Waals surface area contributed by atoms with E-state index in [-0.39, 0.29) is 17.8 Å². The van der Waals surface area contributed by atoms with Crippen LogP contribution in [0.5, 0.6) is 0 Å². The van der Waals surface area contributed by atoms with E-state index in [0.717, 1.165) is 14.9 Å². The number of thiophene rings is 1. The van der Waals surface area contributed by atoms with Crippen molar-refractivity contribution in [3.63, 3.8) is 0 Å². The van der Waals surface area contributed by atoms with Crippen LogP contribution in [0.1, 0.15) is 26.8 Å². The van der Waals surface area contributed by atoms with E-state index in [2.05, 4.69) is 21.2 Å². The maximum atomic E-state index is 13.2. The summed E-state index contributed by atoms with van der Waals surface area (Å²) in [6.45, 7) is 0. The third kappa shape index (κ3) is 3.68. The molecular weight excluding hydrogens is 377 g/mol. The van der Waals surface area contributed by atoms with E-state index in [1.165, 1.54) is 12.1 Å². The van der Waals surface area contributed by atoms with E-state index in [0.29, 0.717) is 5.56 Å². The average molecular weight is 390 g/mol. The number of amides is 1. The Morgan fingerprint density at radius 3 is 2.43 bits per heavy atom. The molecule has 0 saturated heterocycles. The molecule has 1 N–H and O–H groups in total. The van der Waals surface area contributed by atoms with E-state index in [4.69, 9.17) is 0 Å². The first-order valence-corrected chi connectivity index (χ1v) is 8.66. The van der Waals surface area contributed by atoms with Crippen LogP contribution in [0.2, 0.25) is 0 Å². The highest BCUT2D eigenvalue weighted by Crippen LogP contribution is 2.27. The lowest BCUT2D eigenvalue weighted by atomic mass is 10.0. The maximum absolute atomic E-state index is 13.2. The summed E-state index contributed by atoms with van der Waals surface area (Å²) >= 11 is 4.94. The van der Waals surface area contributed by atoms with Gasteiger partial charge >= 0.3 is 0 Å². The highest BCUT2D eigenvalue weighted by Gasteiger charge is 2.19. The van der Waals surface area contributed by atoms with Crippen LogP contribution in [0.25, 0.3) is 0 Å². The fourth-order valence-electron chi connectivity index (χ4n) is 2.28. The SMILES string of the molecule is O=C(NC(c1ccc(F)cc1)c1cccs1)c1ccccc1Br. The molecule has 2 nitrogen and oxygen atoms in total. The normalized spacial score (nSPS) is 11.9. The number of hydrogen-bond donors (Lipinski definition) is 1. The van der Waals surface area contributed by atoms with Gasteiger partial charge in [-0.15, -0.1) is 11.3 Å². The second-order valence-corrected chi connectivity index (χ2v) is 6.79. The van der Waals surface area contributed by atoms with Crippen molar-refractivity contribution < 1.29 is 9.18 Å². The Labute approximate surface area is 146 Å². The molecule has 1 heterocycles. The van der Waals surface area contributed by atoms with E-state index in [9.17, 15) is 9.18 Å². The molecular formula is C18H13BrFNOS. The fraction of sp³-hybridized carbons (Fsp3) is 0.0556. The molecule has 2 aromatic carbocycles. The number of carbonyl (C=O) groups excluding carboxylic acids is 1. The minimum absolute atomic E-state index is 0.180. The Bertz CT molecular complexity index is 802. The number of carbonyl (C=O) groups is 1. The number of nitrogens with one attached hydrogen (secondary N) is 1. The summed E-state index contributed by atoms with van der Waals surface area (Å²) in [7, 11) is 0. The molecule has 0 bridgehead atoms. The van der Waals surface area contributed by atoms with Gasteiger partial charge in [-0.05, 0) is 57.2 Å². The van der Waals surface area contributed by atoms with Crippen LogP contribution in [0.3, 0.4) is 0 Å². The molecule has 0 aliphatic heterocycles. The van der Waals surface area contributed by atoms with Gasteiger partial charge in [0.2, 0.25) is 0 Å². The Morgan fingerprint density at radius 1 is 1.04 bits per heavy atom. The molecule has 0 spiro atoms. The summed E-state index contributed by atoms with van der Waals surface area (Å²) in [4.78, 5) is 13.6. The van der Waals surface area contributed by atoms with E-state index >= 15 is 0 Å². The smallest absolute Gasteiger partial charge is 0.253 e. The molecule has 0 fully saturated rings. The number of hydrogen-bond acceptors (Lipinski definition) is 2. The van der Waals surface area contributed by atoms with Crippen LogP contribution in [0, 0.1) is 5.82 Å². The van der Waals surface area contributed by atoms with Crippen LogP contribution < -0.4 is 5.32 Å². The molecule has 1 aromatic heterocycles. The molecule has 0 radical (unpaired) electrons. The molecule has 0 aliphatic carbocycles. The molecule has 3 aromatic rings. The first-order valence-electron chi connectivity index (χ1n) is 6.99. The lowest BCUT2D eigenvalue weighted by Gasteiger charge is -2.18. The van der Waals surface area contributed by atoms with Gasteiger partial charge in [0.15, 0.2) is 0 Å². The van der Waals surface area contributed by atoms with Gasteiger partial charge in [-0.2, -0.15) is 0 Å². The predicted octanol–water partition coefficient (Wildman–Crippen LogP) is 5.17. The summed E-state index contributed by atoms with van der Waals surface area (Å²) in [6.07, 6.45) is 0. The highest BCUT2D eigenvalue weighted by molar-refractivity contribution is 9.10. The van der Waals surface area contributed by atoms with Crippen molar-refractivity contribution in [2.24, 2.45) is 0 Å². The third-order valence-electron chi connectivity index (χ3n) is 3.42. The minimum atomic E-state index is -0.310. The minimum Gasteiger partial charge on any atom is -0.340 e. The molecule has 116 valence electrons. The van der Waals surface area contributed by atoms with Gasteiger partial charge in [-0.3, -0.25) is 4.79 Å². The molecule has 23 heavy (non-hydrogen) atoms. The first kappa shape index (κ1) is 15.9. The van der Waals surface area contributed by atoms with Crippen LogP contribution in [-0.4, -0.2) is 5.91 Å². The molecule has 0 aliphatic rings. The van der Waals surface area contributed by atoms with Gasteiger partial charge in [0.1, 0.15) is 5.82 Å². The van der Waals surface area contributed by atoms with E-state index in [1.807, 2.05) is 35.7 Å². The number of halogens is 2. The molecule has 0 saturated carbocycles. The van der Waals surface area contributed by atoms with Gasteiger partial charge < -0.3 is 5.32 Å². The topological polar surface area (TPSA) is 29.1 Å². The standard InChI is InChI=1S/C18H13BrFNOS/c19-15-5-2-1-4-14(15)18(22)21-17(16-6-3-11-23-16)12-7-9-13(20)10-8-12/h1-11,17H,(H,21,22). The zero-order valence-electron chi connectivity index (χ0n) is 12.0. The third-order valence-corrected chi connectivity index (χ3v) is 5.05. The lowest BCUT2D eigenvalue weighted by Crippen LogP contribution is -2.29.